The van der Waals surface area contributed by atoms with Gasteiger partial charge in [-0.25, -0.2) is 0 Å². The largest absolute Gasteiger partial charge is 0.495 e. The molecule has 182 valence electrons. The fourth-order valence-corrected chi connectivity index (χ4v) is 4.14. The van der Waals surface area contributed by atoms with E-state index in [2.05, 4.69) is 5.32 Å². The van der Waals surface area contributed by atoms with Crippen molar-refractivity contribution in [1.82, 2.24) is 0 Å². The van der Waals surface area contributed by atoms with E-state index in [4.69, 9.17) is 19.8 Å². The Morgan fingerprint density at radius 1 is 1.00 bits per heavy atom. The number of ether oxygens (including phenoxy) is 2. The minimum Gasteiger partial charge on any atom is -0.495 e. The molecule has 0 aliphatic carbocycles. The minimum absolute atomic E-state index is 0.0331. The number of nitrogens with one attached hydrogen (secondary N) is 1. The average Bonchev–Trinajstić information content (AvgIpc) is 2.75. The van der Waals surface area contributed by atoms with E-state index in [1.54, 1.807) is 0 Å². The molecule has 0 atom stereocenters. The number of benzene rings is 3. The summed E-state index contributed by atoms with van der Waals surface area (Å²) in [6, 6.07) is 11.4. The number of hydrogen-bond acceptors (Lipinski definition) is 8. The highest BCUT2D eigenvalue weighted by molar-refractivity contribution is 7.86. The number of carbonyl (C=O) groups excluding carboxylic acids is 1. The first-order chi connectivity index (χ1) is 15.9. The van der Waals surface area contributed by atoms with Crippen LogP contribution < -0.4 is 20.5 Å². The van der Waals surface area contributed by atoms with Crippen molar-refractivity contribution in [2.24, 2.45) is 0 Å². The number of carbonyl (C=O) groups is 1. The second-order valence-electron chi connectivity index (χ2n) is 7.23. The van der Waals surface area contributed by atoms with Crippen LogP contribution in [0.3, 0.4) is 0 Å². The van der Waals surface area contributed by atoms with Crippen molar-refractivity contribution in [2.75, 3.05) is 30.5 Å². The summed E-state index contributed by atoms with van der Waals surface area (Å²) in [6.45, 7) is -0.161. The third kappa shape index (κ3) is 6.35. The molecule has 1 amide bonds. The molecule has 0 fully saturated rings. The van der Waals surface area contributed by atoms with Crippen LogP contribution in [0, 0.1) is 0 Å². The number of amides is 1. The maximum atomic E-state index is 12.7. The third-order valence-electron chi connectivity index (χ3n) is 4.75. The van der Waals surface area contributed by atoms with Crippen LogP contribution in [0.5, 0.6) is 11.5 Å². The molecule has 0 unspecified atom stereocenters. The van der Waals surface area contributed by atoms with Crippen LogP contribution in [0.2, 0.25) is 0 Å². The fourth-order valence-electron chi connectivity index (χ4n) is 3.12. The van der Waals surface area contributed by atoms with Crippen molar-refractivity contribution >= 4 is 48.3 Å². The Kier molecular flexibility index (Phi) is 7.31. The van der Waals surface area contributed by atoms with Gasteiger partial charge in [0.15, 0.2) is 0 Å². The number of fused-ring (bicyclic) bond motifs is 1. The summed E-state index contributed by atoms with van der Waals surface area (Å²) < 4.78 is 74.0. The van der Waals surface area contributed by atoms with Gasteiger partial charge in [0.05, 0.1) is 30.1 Å². The second kappa shape index (κ2) is 9.85. The highest BCUT2D eigenvalue weighted by Crippen LogP contribution is 2.32. The van der Waals surface area contributed by atoms with Crippen LogP contribution in [0.15, 0.2) is 53.4 Å². The average molecular weight is 511 g/mol. The van der Waals surface area contributed by atoms with Gasteiger partial charge in [-0.05, 0) is 48.2 Å². The lowest BCUT2D eigenvalue weighted by atomic mass is 10.1. The van der Waals surface area contributed by atoms with Crippen molar-refractivity contribution in [3.05, 3.63) is 54.1 Å². The zero-order valence-corrected chi connectivity index (χ0v) is 19.5. The molecule has 0 saturated heterocycles. The quantitative estimate of drug-likeness (QED) is 0.190. The smallest absolute Gasteiger partial charge is 0.294 e. The molecular weight excluding hydrogens is 488 g/mol. The topological polar surface area (TPSA) is 182 Å². The minimum atomic E-state index is -4.55. The van der Waals surface area contributed by atoms with Crippen LogP contribution >= 0.6 is 0 Å². The molecule has 34 heavy (non-hydrogen) atoms. The molecule has 5 N–H and O–H groups in total. The van der Waals surface area contributed by atoms with E-state index >= 15 is 0 Å². The Bertz CT molecular complexity index is 1450. The summed E-state index contributed by atoms with van der Waals surface area (Å²) in [5.74, 6) is -0.632. The first-order valence-electron chi connectivity index (χ1n) is 9.75. The predicted octanol–water partition coefficient (Wildman–Crippen LogP) is 2.59. The molecule has 13 heteroatoms. The molecule has 0 saturated carbocycles. The summed E-state index contributed by atoms with van der Waals surface area (Å²) in [5, 5.41) is 3.49. The van der Waals surface area contributed by atoms with E-state index in [1.807, 2.05) is 0 Å². The standard InChI is InChI=1S/C21H22N2O9S2/c1-31-20-10-14(4-6-18(20)22)21(24)23-15-5-3-13-9-16(34(28,29)30)12-19(17(13)11-15)32-7-2-8-33(25,26)27/h3-6,9-12H,2,7-8,22H2,1H3,(H,23,24)(H,25,26,27)(H,28,29,30). The van der Waals surface area contributed by atoms with Gasteiger partial charge in [-0.1, -0.05) is 6.07 Å². The molecule has 0 aliphatic rings. The maximum Gasteiger partial charge on any atom is 0.294 e. The van der Waals surface area contributed by atoms with Gasteiger partial charge in [0.25, 0.3) is 26.1 Å². The number of anilines is 2. The van der Waals surface area contributed by atoms with Gasteiger partial charge < -0.3 is 20.5 Å². The van der Waals surface area contributed by atoms with Gasteiger partial charge in [-0.3, -0.25) is 13.9 Å². The molecule has 0 heterocycles. The summed E-state index contributed by atoms with van der Waals surface area (Å²) in [6.07, 6.45) is -0.0637. The second-order valence-corrected chi connectivity index (χ2v) is 10.2. The highest BCUT2D eigenvalue weighted by atomic mass is 32.2. The van der Waals surface area contributed by atoms with Gasteiger partial charge in [-0.2, -0.15) is 16.8 Å². The lowest BCUT2D eigenvalue weighted by Gasteiger charge is -2.13. The number of hydrogen-bond donors (Lipinski definition) is 4. The normalized spacial score (nSPS) is 11.9. The van der Waals surface area contributed by atoms with Crippen LogP contribution in [0.1, 0.15) is 16.8 Å². The molecule has 3 aromatic rings. The van der Waals surface area contributed by atoms with Crippen molar-refractivity contribution in [3.63, 3.8) is 0 Å². The summed E-state index contributed by atoms with van der Waals surface area (Å²) >= 11 is 0. The lowest BCUT2D eigenvalue weighted by molar-refractivity contribution is 0.102. The van der Waals surface area contributed by atoms with Crippen molar-refractivity contribution in [3.8, 4) is 11.5 Å². The zero-order valence-electron chi connectivity index (χ0n) is 17.9. The first-order valence-corrected chi connectivity index (χ1v) is 12.8. The van der Waals surface area contributed by atoms with Crippen LogP contribution in [-0.2, 0) is 20.2 Å². The van der Waals surface area contributed by atoms with Crippen LogP contribution in [0.4, 0.5) is 11.4 Å². The zero-order chi connectivity index (χ0) is 25.1. The number of methoxy groups -OCH3 is 1. The van der Waals surface area contributed by atoms with E-state index in [0.29, 0.717) is 27.9 Å². The monoisotopic (exact) mass is 510 g/mol. The Morgan fingerprint density at radius 3 is 2.38 bits per heavy atom. The van der Waals surface area contributed by atoms with Gasteiger partial charge in [-0.15, -0.1) is 0 Å². The third-order valence-corrected chi connectivity index (χ3v) is 6.38. The molecule has 3 rings (SSSR count). The van der Waals surface area contributed by atoms with Crippen LogP contribution in [-0.4, -0.2) is 51.3 Å². The summed E-state index contributed by atoms with van der Waals surface area (Å²) in [5.41, 5.74) is 6.78. The van der Waals surface area contributed by atoms with E-state index in [0.717, 1.165) is 6.07 Å². The predicted molar refractivity (Wildman–Crippen MR) is 126 cm³/mol. The van der Waals surface area contributed by atoms with Gasteiger partial charge in [0.1, 0.15) is 11.5 Å². The SMILES string of the molecule is COc1cc(C(=O)Nc2ccc3cc(S(=O)(=O)O)cc(OCCCS(=O)(=O)O)c3c2)ccc1N. The maximum absolute atomic E-state index is 12.7. The molecular formula is C21H22N2O9S2. The number of nitrogens with two attached hydrogens (primary N) is 1. The van der Waals surface area contributed by atoms with Crippen molar-refractivity contribution < 1.29 is 40.2 Å². The van der Waals surface area contributed by atoms with E-state index in [1.165, 1.54) is 49.6 Å². The Morgan fingerprint density at radius 2 is 1.74 bits per heavy atom. The fraction of sp³-hybridized carbons (Fsp3) is 0.190. The Hall–Kier alpha value is -3.39. The molecule has 0 aromatic heterocycles. The number of rotatable bonds is 9. The lowest BCUT2D eigenvalue weighted by Crippen LogP contribution is -2.12. The molecule has 0 radical (unpaired) electrons. The molecule has 0 bridgehead atoms. The van der Waals surface area contributed by atoms with Crippen LogP contribution in [0.25, 0.3) is 10.8 Å². The highest BCUT2D eigenvalue weighted by Gasteiger charge is 2.16. The number of nitrogen functional groups attached to an aromatic ring is 1. The molecule has 0 spiro atoms. The van der Waals surface area contributed by atoms with Crippen molar-refractivity contribution in [1.29, 1.82) is 0 Å². The van der Waals surface area contributed by atoms with E-state index in [-0.39, 0.29) is 24.3 Å². The molecule has 0 aliphatic heterocycles. The van der Waals surface area contributed by atoms with Gasteiger partial charge in [0, 0.05) is 22.7 Å². The molecule has 3 aromatic carbocycles. The first kappa shape index (κ1) is 25.2. The van der Waals surface area contributed by atoms with Gasteiger partial charge in [0.2, 0.25) is 0 Å². The molecule has 11 nitrogen and oxygen atoms in total. The Labute approximate surface area is 196 Å². The van der Waals surface area contributed by atoms with Crippen molar-refractivity contribution in [2.45, 2.75) is 11.3 Å². The Balaban J connectivity index is 1.93. The summed E-state index contributed by atoms with van der Waals surface area (Å²) in [4.78, 5) is 12.3. The van der Waals surface area contributed by atoms with Gasteiger partial charge >= 0.3 is 0 Å². The van der Waals surface area contributed by atoms with E-state index < -0.39 is 36.8 Å². The summed E-state index contributed by atoms with van der Waals surface area (Å²) in [7, 11) is -7.31. The van der Waals surface area contributed by atoms with E-state index in [9.17, 15) is 26.2 Å².